The molecular formula is C19H20N2O3S. The number of rotatable bonds is 4. The molecule has 0 saturated carbocycles. The molecule has 2 aromatic carbocycles. The number of benzene rings is 2. The molecule has 0 atom stereocenters. The van der Waals surface area contributed by atoms with Crippen molar-refractivity contribution in [1.82, 2.24) is 0 Å². The van der Waals surface area contributed by atoms with Gasteiger partial charge in [-0.25, -0.2) is 8.42 Å². The molecule has 1 saturated heterocycles. The van der Waals surface area contributed by atoms with E-state index in [4.69, 9.17) is 4.42 Å². The molecule has 3 aromatic rings. The lowest BCUT2D eigenvalue weighted by Gasteiger charge is -2.29. The zero-order valence-electron chi connectivity index (χ0n) is 13.8. The lowest BCUT2D eigenvalue weighted by molar-refractivity contribution is 0.569. The standard InChI is InChI=1S/C19H20N2O3S/c22-25(23,17-7-3-1-4-8-17)20-16-13-15-9-12-24-19(15)18(14-16)21-10-5-2-6-11-21/h1,3-4,7-9,12-14,20H,2,5-6,10-11H2. The highest BCUT2D eigenvalue weighted by atomic mass is 32.2. The maximum Gasteiger partial charge on any atom is 0.261 e. The highest BCUT2D eigenvalue weighted by molar-refractivity contribution is 7.92. The van der Waals surface area contributed by atoms with E-state index in [0.717, 1.165) is 42.6 Å². The molecule has 4 rings (SSSR count). The molecule has 6 heteroatoms. The molecule has 0 bridgehead atoms. The molecule has 1 aromatic heterocycles. The third-order valence-electron chi connectivity index (χ3n) is 4.53. The van der Waals surface area contributed by atoms with Crippen molar-refractivity contribution in [2.75, 3.05) is 22.7 Å². The second-order valence-corrected chi connectivity index (χ2v) is 7.98. The normalized spacial score (nSPS) is 15.4. The summed E-state index contributed by atoms with van der Waals surface area (Å²) in [6, 6.07) is 14.0. The molecule has 5 nitrogen and oxygen atoms in total. The van der Waals surface area contributed by atoms with Crippen molar-refractivity contribution in [3.05, 3.63) is 54.8 Å². The van der Waals surface area contributed by atoms with E-state index in [9.17, 15) is 8.42 Å². The van der Waals surface area contributed by atoms with Gasteiger partial charge in [-0.2, -0.15) is 0 Å². The summed E-state index contributed by atoms with van der Waals surface area (Å²) >= 11 is 0. The Morgan fingerprint density at radius 2 is 1.72 bits per heavy atom. The van der Waals surface area contributed by atoms with Crippen LogP contribution in [0.25, 0.3) is 11.0 Å². The minimum Gasteiger partial charge on any atom is -0.462 e. The van der Waals surface area contributed by atoms with Crippen LogP contribution >= 0.6 is 0 Å². The second-order valence-electron chi connectivity index (χ2n) is 6.30. The molecule has 0 radical (unpaired) electrons. The first-order valence-electron chi connectivity index (χ1n) is 8.47. The Bertz CT molecular complexity index is 974. The molecule has 1 aliphatic heterocycles. The van der Waals surface area contributed by atoms with Crippen LogP contribution in [-0.2, 0) is 10.0 Å². The van der Waals surface area contributed by atoms with E-state index >= 15 is 0 Å². The van der Waals surface area contributed by atoms with Crippen molar-refractivity contribution < 1.29 is 12.8 Å². The summed E-state index contributed by atoms with van der Waals surface area (Å²) in [5.74, 6) is 0. The average molecular weight is 356 g/mol. The Hall–Kier alpha value is -2.47. The Kier molecular flexibility index (Phi) is 4.13. The summed E-state index contributed by atoms with van der Waals surface area (Å²) in [5.41, 5.74) is 2.32. The van der Waals surface area contributed by atoms with Crippen molar-refractivity contribution in [1.29, 1.82) is 0 Å². The largest absolute Gasteiger partial charge is 0.462 e. The first-order valence-corrected chi connectivity index (χ1v) is 9.96. The highest BCUT2D eigenvalue weighted by Crippen LogP contribution is 2.34. The lowest BCUT2D eigenvalue weighted by Crippen LogP contribution is -2.29. The predicted octanol–water partition coefficient (Wildman–Crippen LogP) is 4.22. The quantitative estimate of drug-likeness (QED) is 0.760. The molecular weight excluding hydrogens is 336 g/mol. The fraction of sp³-hybridized carbons (Fsp3) is 0.263. The van der Waals surface area contributed by atoms with Crippen molar-refractivity contribution >= 4 is 32.4 Å². The maximum absolute atomic E-state index is 12.6. The van der Waals surface area contributed by atoms with Crippen LogP contribution in [0.2, 0.25) is 0 Å². The highest BCUT2D eigenvalue weighted by Gasteiger charge is 2.19. The van der Waals surface area contributed by atoms with Crippen LogP contribution < -0.4 is 9.62 Å². The number of hydrogen-bond donors (Lipinski definition) is 1. The van der Waals surface area contributed by atoms with Crippen LogP contribution in [0, 0.1) is 0 Å². The number of fused-ring (bicyclic) bond motifs is 1. The van der Waals surface area contributed by atoms with E-state index in [1.54, 1.807) is 36.6 Å². The molecule has 1 N–H and O–H groups in total. The summed E-state index contributed by atoms with van der Waals surface area (Å²) in [7, 11) is -3.61. The van der Waals surface area contributed by atoms with Gasteiger partial charge in [0.25, 0.3) is 10.0 Å². The van der Waals surface area contributed by atoms with Crippen molar-refractivity contribution in [2.45, 2.75) is 24.2 Å². The topological polar surface area (TPSA) is 62.6 Å². The number of anilines is 2. The van der Waals surface area contributed by atoms with Gasteiger partial charge < -0.3 is 9.32 Å². The van der Waals surface area contributed by atoms with Gasteiger partial charge in [0.1, 0.15) is 0 Å². The monoisotopic (exact) mass is 356 g/mol. The van der Waals surface area contributed by atoms with E-state index < -0.39 is 10.0 Å². The number of sulfonamides is 1. The number of piperidine rings is 1. The van der Waals surface area contributed by atoms with Crippen LogP contribution in [0.15, 0.2) is 64.1 Å². The fourth-order valence-corrected chi connectivity index (χ4v) is 4.37. The molecule has 25 heavy (non-hydrogen) atoms. The average Bonchev–Trinajstić information content (AvgIpc) is 3.11. The van der Waals surface area contributed by atoms with Crippen LogP contribution in [0.3, 0.4) is 0 Å². The summed E-state index contributed by atoms with van der Waals surface area (Å²) in [6.45, 7) is 1.93. The van der Waals surface area contributed by atoms with Crippen molar-refractivity contribution in [2.24, 2.45) is 0 Å². The molecule has 0 amide bonds. The number of hydrogen-bond acceptors (Lipinski definition) is 4. The van der Waals surface area contributed by atoms with Crippen molar-refractivity contribution in [3.8, 4) is 0 Å². The second kappa shape index (κ2) is 6.44. The van der Waals surface area contributed by atoms with E-state index in [1.165, 1.54) is 6.42 Å². The van der Waals surface area contributed by atoms with Crippen LogP contribution in [0.4, 0.5) is 11.4 Å². The number of furan rings is 1. The third-order valence-corrected chi connectivity index (χ3v) is 5.93. The zero-order chi connectivity index (χ0) is 17.3. The fourth-order valence-electron chi connectivity index (χ4n) is 3.31. The van der Waals surface area contributed by atoms with Gasteiger partial charge in [-0.1, -0.05) is 18.2 Å². The SMILES string of the molecule is O=S(=O)(Nc1cc(N2CCCCC2)c2occc2c1)c1ccccc1. The molecule has 0 spiro atoms. The van der Waals surface area contributed by atoms with Crippen LogP contribution in [-0.4, -0.2) is 21.5 Å². The van der Waals surface area contributed by atoms with Gasteiger partial charge >= 0.3 is 0 Å². The van der Waals surface area contributed by atoms with Gasteiger partial charge in [-0.05, 0) is 49.6 Å². The zero-order valence-corrected chi connectivity index (χ0v) is 14.6. The van der Waals surface area contributed by atoms with E-state index in [0.29, 0.717) is 5.69 Å². The number of nitrogens with one attached hydrogen (secondary N) is 1. The van der Waals surface area contributed by atoms with E-state index in [2.05, 4.69) is 9.62 Å². The summed E-state index contributed by atoms with van der Waals surface area (Å²) < 4.78 is 33.6. The summed E-state index contributed by atoms with van der Waals surface area (Å²) in [5, 5.41) is 0.897. The first-order chi connectivity index (χ1) is 12.1. The Balaban J connectivity index is 1.73. The van der Waals surface area contributed by atoms with Gasteiger partial charge in [0, 0.05) is 18.5 Å². The lowest BCUT2D eigenvalue weighted by atomic mass is 10.1. The molecule has 1 fully saturated rings. The third kappa shape index (κ3) is 3.22. The predicted molar refractivity (Wildman–Crippen MR) is 99.5 cm³/mol. The van der Waals surface area contributed by atoms with Gasteiger partial charge in [-0.3, -0.25) is 4.72 Å². The van der Waals surface area contributed by atoms with Gasteiger partial charge in [0.2, 0.25) is 0 Å². The molecule has 130 valence electrons. The smallest absolute Gasteiger partial charge is 0.261 e. The van der Waals surface area contributed by atoms with Crippen LogP contribution in [0.1, 0.15) is 19.3 Å². The Morgan fingerprint density at radius 3 is 2.48 bits per heavy atom. The molecule has 2 heterocycles. The van der Waals surface area contributed by atoms with Gasteiger partial charge in [0.15, 0.2) is 5.58 Å². The number of nitrogens with zero attached hydrogens (tertiary/aromatic N) is 1. The Morgan fingerprint density at radius 1 is 0.960 bits per heavy atom. The first kappa shape index (κ1) is 16.0. The van der Waals surface area contributed by atoms with E-state index in [-0.39, 0.29) is 4.90 Å². The molecule has 0 unspecified atom stereocenters. The minimum absolute atomic E-state index is 0.252. The summed E-state index contributed by atoms with van der Waals surface area (Å²) in [4.78, 5) is 2.53. The van der Waals surface area contributed by atoms with E-state index in [1.807, 2.05) is 18.2 Å². The Labute approximate surface area is 147 Å². The molecule has 0 aliphatic carbocycles. The minimum atomic E-state index is -3.61. The maximum atomic E-state index is 12.6. The summed E-state index contributed by atoms with van der Waals surface area (Å²) in [6.07, 6.45) is 5.16. The molecule has 1 aliphatic rings. The van der Waals surface area contributed by atoms with Crippen molar-refractivity contribution in [3.63, 3.8) is 0 Å². The van der Waals surface area contributed by atoms with Gasteiger partial charge in [0.05, 0.1) is 22.5 Å². The van der Waals surface area contributed by atoms with Crippen LogP contribution in [0.5, 0.6) is 0 Å². The van der Waals surface area contributed by atoms with Gasteiger partial charge in [-0.15, -0.1) is 0 Å².